The highest BCUT2D eigenvalue weighted by Crippen LogP contribution is 2.30. The third-order valence-electron chi connectivity index (χ3n) is 3.57. The van der Waals surface area contributed by atoms with Crippen LogP contribution in [0.4, 0.5) is 27.4 Å². The summed E-state index contributed by atoms with van der Waals surface area (Å²) >= 11 is 0. The first kappa shape index (κ1) is 14.2. The SMILES string of the molecule is CN(c1ccc(N)c(F)c1)c1cc(NC(=O)C2CC2)ncn1. The molecule has 1 saturated carbocycles. The molecule has 1 aliphatic carbocycles. The van der Waals surface area contributed by atoms with E-state index in [1.165, 1.54) is 18.5 Å². The molecule has 114 valence electrons. The summed E-state index contributed by atoms with van der Waals surface area (Å²) in [5.74, 6) is 0.573. The lowest BCUT2D eigenvalue weighted by Crippen LogP contribution is -2.16. The van der Waals surface area contributed by atoms with Crippen molar-refractivity contribution >= 4 is 28.9 Å². The van der Waals surface area contributed by atoms with E-state index in [1.807, 2.05) is 0 Å². The first-order chi connectivity index (χ1) is 10.5. The second-order valence-electron chi connectivity index (χ2n) is 5.29. The fourth-order valence-corrected chi connectivity index (χ4v) is 2.03. The molecule has 0 unspecified atom stereocenters. The van der Waals surface area contributed by atoms with E-state index < -0.39 is 5.82 Å². The van der Waals surface area contributed by atoms with Gasteiger partial charge in [0.25, 0.3) is 0 Å². The lowest BCUT2D eigenvalue weighted by molar-refractivity contribution is -0.117. The van der Waals surface area contributed by atoms with Crippen LogP contribution >= 0.6 is 0 Å². The predicted octanol–water partition coefficient (Wildman–Crippen LogP) is 2.31. The summed E-state index contributed by atoms with van der Waals surface area (Å²) in [6, 6.07) is 6.18. The summed E-state index contributed by atoms with van der Waals surface area (Å²) in [5.41, 5.74) is 6.17. The fourth-order valence-electron chi connectivity index (χ4n) is 2.03. The topological polar surface area (TPSA) is 84.1 Å². The zero-order valence-corrected chi connectivity index (χ0v) is 12.1. The minimum Gasteiger partial charge on any atom is -0.396 e. The third kappa shape index (κ3) is 2.98. The van der Waals surface area contributed by atoms with Crippen molar-refractivity contribution in [3.63, 3.8) is 0 Å². The molecule has 22 heavy (non-hydrogen) atoms. The Kier molecular flexibility index (Phi) is 3.62. The number of nitrogen functional groups attached to an aromatic ring is 1. The number of nitrogens with one attached hydrogen (secondary N) is 1. The largest absolute Gasteiger partial charge is 0.396 e. The average molecular weight is 301 g/mol. The molecule has 0 aliphatic heterocycles. The Labute approximate surface area is 127 Å². The average Bonchev–Trinajstić information content (AvgIpc) is 3.34. The molecular weight excluding hydrogens is 285 g/mol. The van der Waals surface area contributed by atoms with Gasteiger partial charge in [0.1, 0.15) is 23.8 Å². The molecule has 1 aromatic carbocycles. The van der Waals surface area contributed by atoms with Crippen molar-refractivity contribution in [2.75, 3.05) is 23.0 Å². The maximum Gasteiger partial charge on any atom is 0.228 e. The van der Waals surface area contributed by atoms with Crippen LogP contribution in [-0.4, -0.2) is 22.9 Å². The van der Waals surface area contributed by atoms with Crippen LogP contribution in [0.25, 0.3) is 0 Å². The molecular formula is C15H16FN5O. The summed E-state index contributed by atoms with van der Waals surface area (Å²) in [7, 11) is 1.75. The highest BCUT2D eigenvalue weighted by atomic mass is 19.1. The van der Waals surface area contributed by atoms with E-state index in [4.69, 9.17) is 5.73 Å². The van der Waals surface area contributed by atoms with Crippen molar-refractivity contribution in [1.82, 2.24) is 9.97 Å². The smallest absolute Gasteiger partial charge is 0.228 e. The van der Waals surface area contributed by atoms with Gasteiger partial charge in [-0.1, -0.05) is 0 Å². The van der Waals surface area contributed by atoms with Crippen molar-refractivity contribution in [2.45, 2.75) is 12.8 Å². The lowest BCUT2D eigenvalue weighted by atomic mass is 10.2. The summed E-state index contributed by atoms with van der Waals surface area (Å²) in [5, 5.41) is 2.76. The number of anilines is 4. The summed E-state index contributed by atoms with van der Waals surface area (Å²) in [6.07, 6.45) is 3.21. The number of halogens is 1. The predicted molar refractivity (Wildman–Crippen MR) is 82.3 cm³/mol. The molecule has 0 atom stereocenters. The normalized spacial score (nSPS) is 13.7. The maximum atomic E-state index is 13.6. The standard InChI is InChI=1S/C15H16FN5O/c1-21(10-4-5-12(17)11(16)6-10)14-7-13(18-8-19-14)20-15(22)9-2-3-9/h4-9H,2-3,17H2,1H3,(H,18,19,20,22). The number of aromatic nitrogens is 2. The molecule has 2 aromatic rings. The second kappa shape index (κ2) is 5.59. The number of benzene rings is 1. The highest BCUT2D eigenvalue weighted by Gasteiger charge is 2.29. The van der Waals surface area contributed by atoms with E-state index in [2.05, 4.69) is 15.3 Å². The molecule has 0 saturated heterocycles. The Balaban J connectivity index is 1.80. The van der Waals surface area contributed by atoms with Gasteiger partial charge in [0.2, 0.25) is 5.91 Å². The van der Waals surface area contributed by atoms with Crippen LogP contribution < -0.4 is 16.0 Å². The molecule has 1 heterocycles. The zero-order chi connectivity index (χ0) is 15.7. The van der Waals surface area contributed by atoms with E-state index in [9.17, 15) is 9.18 Å². The van der Waals surface area contributed by atoms with Gasteiger partial charge in [0.05, 0.1) is 5.69 Å². The molecule has 1 aliphatic rings. The van der Waals surface area contributed by atoms with Gasteiger partial charge < -0.3 is 16.0 Å². The van der Waals surface area contributed by atoms with Crippen LogP contribution in [0.5, 0.6) is 0 Å². The number of carbonyl (C=O) groups excluding carboxylic acids is 1. The minimum atomic E-state index is -0.485. The van der Waals surface area contributed by atoms with Crippen molar-refractivity contribution in [3.8, 4) is 0 Å². The fraction of sp³-hybridized carbons (Fsp3) is 0.267. The first-order valence-electron chi connectivity index (χ1n) is 6.96. The monoisotopic (exact) mass is 301 g/mol. The van der Waals surface area contributed by atoms with Gasteiger partial charge in [0, 0.05) is 24.7 Å². The number of rotatable bonds is 4. The van der Waals surface area contributed by atoms with Crippen LogP contribution in [0.15, 0.2) is 30.6 Å². The Morgan fingerprint density at radius 3 is 2.82 bits per heavy atom. The van der Waals surface area contributed by atoms with Crippen LogP contribution in [-0.2, 0) is 4.79 Å². The Hall–Kier alpha value is -2.70. The van der Waals surface area contributed by atoms with E-state index in [0.29, 0.717) is 17.3 Å². The summed E-state index contributed by atoms with van der Waals surface area (Å²) < 4.78 is 13.6. The van der Waals surface area contributed by atoms with Gasteiger partial charge in [-0.15, -0.1) is 0 Å². The number of carbonyl (C=O) groups is 1. The molecule has 1 amide bonds. The number of hydrogen-bond acceptors (Lipinski definition) is 5. The molecule has 3 rings (SSSR count). The van der Waals surface area contributed by atoms with Gasteiger partial charge in [-0.3, -0.25) is 4.79 Å². The van der Waals surface area contributed by atoms with E-state index in [1.54, 1.807) is 24.1 Å². The summed E-state index contributed by atoms with van der Waals surface area (Å²) in [6.45, 7) is 0. The molecule has 7 heteroatoms. The Bertz CT molecular complexity index is 717. The molecule has 6 nitrogen and oxygen atoms in total. The zero-order valence-electron chi connectivity index (χ0n) is 12.1. The molecule has 1 fully saturated rings. The molecule has 0 radical (unpaired) electrons. The van der Waals surface area contributed by atoms with Crippen LogP contribution in [0.1, 0.15) is 12.8 Å². The molecule has 3 N–H and O–H groups in total. The van der Waals surface area contributed by atoms with Gasteiger partial charge in [0.15, 0.2) is 0 Å². The lowest BCUT2D eigenvalue weighted by Gasteiger charge is -2.19. The third-order valence-corrected chi connectivity index (χ3v) is 3.57. The number of hydrogen-bond donors (Lipinski definition) is 2. The highest BCUT2D eigenvalue weighted by molar-refractivity contribution is 5.93. The van der Waals surface area contributed by atoms with E-state index in [0.717, 1.165) is 12.8 Å². The van der Waals surface area contributed by atoms with E-state index in [-0.39, 0.29) is 17.5 Å². The molecule has 0 spiro atoms. The quantitative estimate of drug-likeness (QED) is 0.847. The van der Waals surface area contributed by atoms with Crippen molar-refractivity contribution in [1.29, 1.82) is 0 Å². The van der Waals surface area contributed by atoms with Crippen LogP contribution in [0, 0.1) is 11.7 Å². The van der Waals surface area contributed by atoms with Crippen molar-refractivity contribution in [2.24, 2.45) is 5.92 Å². The van der Waals surface area contributed by atoms with Crippen molar-refractivity contribution < 1.29 is 9.18 Å². The van der Waals surface area contributed by atoms with Gasteiger partial charge in [-0.05, 0) is 31.0 Å². The maximum absolute atomic E-state index is 13.6. The Morgan fingerprint density at radius 2 is 2.14 bits per heavy atom. The van der Waals surface area contributed by atoms with Crippen LogP contribution in [0.2, 0.25) is 0 Å². The molecule has 1 aromatic heterocycles. The molecule has 0 bridgehead atoms. The van der Waals surface area contributed by atoms with Crippen LogP contribution in [0.3, 0.4) is 0 Å². The van der Waals surface area contributed by atoms with E-state index >= 15 is 0 Å². The van der Waals surface area contributed by atoms with Gasteiger partial charge in [-0.2, -0.15) is 0 Å². The number of amides is 1. The minimum absolute atomic E-state index is 0.0224. The first-order valence-corrected chi connectivity index (χ1v) is 6.96. The van der Waals surface area contributed by atoms with Gasteiger partial charge >= 0.3 is 0 Å². The Morgan fingerprint density at radius 1 is 1.36 bits per heavy atom. The number of nitrogens with zero attached hydrogens (tertiary/aromatic N) is 3. The van der Waals surface area contributed by atoms with Crippen molar-refractivity contribution in [3.05, 3.63) is 36.4 Å². The second-order valence-corrected chi connectivity index (χ2v) is 5.29. The summed E-state index contributed by atoms with van der Waals surface area (Å²) in [4.78, 5) is 21.6. The van der Waals surface area contributed by atoms with Gasteiger partial charge in [-0.25, -0.2) is 14.4 Å². The number of nitrogens with two attached hydrogens (primary N) is 1.